The highest BCUT2D eigenvalue weighted by atomic mass is 19.1. The van der Waals surface area contributed by atoms with Gasteiger partial charge in [-0.1, -0.05) is 19.1 Å². The molecule has 0 amide bonds. The van der Waals surface area contributed by atoms with Crippen molar-refractivity contribution in [2.24, 2.45) is 11.7 Å². The number of nitrogens with two attached hydrogens (primary N) is 1. The molecule has 0 saturated carbocycles. The van der Waals surface area contributed by atoms with E-state index in [2.05, 4.69) is 30.8 Å². The van der Waals surface area contributed by atoms with E-state index in [9.17, 15) is 4.39 Å². The number of hydrogen-bond donors (Lipinski definition) is 1. The van der Waals surface area contributed by atoms with Crippen LogP contribution in [0.3, 0.4) is 0 Å². The van der Waals surface area contributed by atoms with E-state index in [4.69, 9.17) is 5.73 Å². The van der Waals surface area contributed by atoms with Crippen LogP contribution in [0.5, 0.6) is 0 Å². The van der Waals surface area contributed by atoms with Gasteiger partial charge in [0.25, 0.3) is 0 Å². The summed E-state index contributed by atoms with van der Waals surface area (Å²) in [6.45, 7) is 5.51. The molecule has 0 radical (unpaired) electrons. The highest BCUT2D eigenvalue weighted by molar-refractivity contribution is 5.19. The SMILES string of the molecule is CC1CN(CCC(N)c2cccc(F)c2)CC1N(C)C. The van der Waals surface area contributed by atoms with Crippen LogP contribution in [0.1, 0.15) is 24.9 Å². The lowest BCUT2D eigenvalue weighted by atomic mass is 10.0. The lowest BCUT2D eigenvalue weighted by Gasteiger charge is -2.23. The zero-order valence-electron chi connectivity index (χ0n) is 12.7. The molecule has 3 nitrogen and oxygen atoms in total. The van der Waals surface area contributed by atoms with E-state index in [0.717, 1.165) is 31.6 Å². The van der Waals surface area contributed by atoms with Crippen molar-refractivity contribution >= 4 is 0 Å². The maximum absolute atomic E-state index is 13.2. The number of hydrogen-bond acceptors (Lipinski definition) is 3. The molecule has 1 fully saturated rings. The Balaban J connectivity index is 1.84. The normalized spacial score (nSPS) is 25.3. The lowest BCUT2D eigenvalue weighted by Crippen LogP contribution is -2.34. The van der Waals surface area contributed by atoms with Crippen LogP contribution in [-0.2, 0) is 0 Å². The molecule has 0 aliphatic carbocycles. The zero-order chi connectivity index (χ0) is 14.7. The second-order valence-electron chi connectivity index (χ2n) is 6.22. The van der Waals surface area contributed by atoms with Gasteiger partial charge >= 0.3 is 0 Å². The van der Waals surface area contributed by atoms with E-state index in [1.807, 2.05) is 6.07 Å². The number of benzene rings is 1. The van der Waals surface area contributed by atoms with Gasteiger partial charge in [-0.05, 0) is 44.1 Å². The average Bonchev–Trinajstić information content (AvgIpc) is 2.77. The minimum Gasteiger partial charge on any atom is -0.324 e. The van der Waals surface area contributed by atoms with Gasteiger partial charge in [-0.2, -0.15) is 0 Å². The molecule has 4 heteroatoms. The van der Waals surface area contributed by atoms with E-state index in [-0.39, 0.29) is 11.9 Å². The van der Waals surface area contributed by atoms with Gasteiger partial charge in [0.05, 0.1) is 0 Å². The van der Waals surface area contributed by atoms with Crippen LogP contribution in [0, 0.1) is 11.7 Å². The molecule has 112 valence electrons. The Morgan fingerprint density at radius 2 is 2.15 bits per heavy atom. The highest BCUT2D eigenvalue weighted by Gasteiger charge is 2.30. The van der Waals surface area contributed by atoms with Crippen molar-refractivity contribution in [3.8, 4) is 0 Å². The fourth-order valence-corrected chi connectivity index (χ4v) is 3.13. The summed E-state index contributed by atoms with van der Waals surface area (Å²) < 4.78 is 13.2. The Bertz CT molecular complexity index is 435. The summed E-state index contributed by atoms with van der Waals surface area (Å²) in [7, 11) is 4.28. The van der Waals surface area contributed by atoms with Crippen LogP contribution in [0.4, 0.5) is 4.39 Å². The standard InChI is InChI=1S/C16H26FN3/c1-12-10-20(11-16(12)19(2)3)8-7-15(18)13-5-4-6-14(17)9-13/h4-6,9,12,15-16H,7-8,10-11,18H2,1-3H3. The first kappa shape index (κ1) is 15.4. The van der Waals surface area contributed by atoms with Gasteiger partial charge in [0.2, 0.25) is 0 Å². The Labute approximate surface area is 121 Å². The minimum absolute atomic E-state index is 0.0839. The van der Waals surface area contributed by atoms with Crippen molar-refractivity contribution < 1.29 is 4.39 Å². The molecule has 0 aromatic heterocycles. The summed E-state index contributed by atoms with van der Waals surface area (Å²) in [5.74, 6) is 0.482. The van der Waals surface area contributed by atoms with E-state index in [0.29, 0.717) is 12.0 Å². The smallest absolute Gasteiger partial charge is 0.123 e. The summed E-state index contributed by atoms with van der Waals surface area (Å²) >= 11 is 0. The number of nitrogens with zero attached hydrogens (tertiary/aromatic N) is 2. The van der Waals surface area contributed by atoms with Crippen molar-refractivity contribution in [3.05, 3.63) is 35.6 Å². The van der Waals surface area contributed by atoms with Gasteiger partial charge in [0.1, 0.15) is 5.82 Å². The molecular formula is C16H26FN3. The fourth-order valence-electron chi connectivity index (χ4n) is 3.13. The van der Waals surface area contributed by atoms with E-state index >= 15 is 0 Å². The second kappa shape index (κ2) is 6.66. The Morgan fingerprint density at radius 1 is 1.40 bits per heavy atom. The van der Waals surface area contributed by atoms with Crippen molar-refractivity contribution in [1.29, 1.82) is 0 Å². The zero-order valence-corrected chi connectivity index (χ0v) is 12.7. The highest BCUT2D eigenvalue weighted by Crippen LogP contribution is 2.22. The van der Waals surface area contributed by atoms with Gasteiger partial charge in [-0.15, -0.1) is 0 Å². The Morgan fingerprint density at radius 3 is 2.75 bits per heavy atom. The Kier molecular flexibility index (Phi) is 5.13. The first-order valence-corrected chi connectivity index (χ1v) is 7.37. The largest absolute Gasteiger partial charge is 0.324 e. The van der Waals surface area contributed by atoms with E-state index in [1.165, 1.54) is 6.07 Å². The maximum atomic E-state index is 13.2. The summed E-state index contributed by atoms with van der Waals surface area (Å²) in [6, 6.07) is 7.17. The van der Waals surface area contributed by atoms with Gasteiger partial charge in [-0.3, -0.25) is 0 Å². The predicted molar refractivity (Wildman–Crippen MR) is 81.0 cm³/mol. The van der Waals surface area contributed by atoms with Crippen LogP contribution < -0.4 is 5.73 Å². The molecule has 3 unspecified atom stereocenters. The molecule has 2 N–H and O–H groups in total. The third kappa shape index (κ3) is 3.78. The molecule has 1 saturated heterocycles. The number of likely N-dealkylation sites (N-methyl/N-ethyl adjacent to an activating group) is 1. The van der Waals surface area contributed by atoms with Gasteiger partial charge in [-0.25, -0.2) is 4.39 Å². The fraction of sp³-hybridized carbons (Fsp3) is 0.625. The van der Waals surface area contributed by atoms with Crippen LogP contribution in [0.2, 0.25) is 0 Å². The number of rotatable bonds is 5. The van der Waals surface area contributed by atoms with Crippen molar-refractivity contribution in [1.82, 2.24) is 9.80 Å². The van der Waals surface area contributed by atoms with Gasteiger partial charge in [0, 0.05) is 31.7 Å². The van der Waals surface area contributed by atoms with E-state index in [1.54, 1.807) is 12.1 Å². The molecule has 20 heavy (non-hydrogen) atoms. The topological polar surface area (TPSA) is 32.5 Å². The molecule has 3 atom stereocenters. The average molecular weight is 279 g/mol. The second-order valence-corrected chi connectivity index (χ2v) is 6.22. The first-order valence-electron chi connectivity index (χ1n) is 7.37. The molecule has 0 spiro atoms. The molecule has 1 aromatic carbocycles. The molecule has 2 rings (SSSR count). The molecular weight excluding hydrogens is 253 g/mol. The quantitative estimate of drug-likeness (QED) is 0.896. The molecule has 0 bridgehead atoms. The predicted octanol–water partition coefficient (Wildman–Crippen LogP) is 2.10. The summed E-state index contributed by atoms with van der Waals surface area (Å²) in [5, 5.41) is 0. The lowest BCUT2D eigenvalue weighted by molar-refractivity contribution is 0.250. The third-order valence-corrected chi connectivity index (χ3v) is 4.34. The summed E-state index contributed by atoms with van der Waals surface area (Å²) in [5.41, 5.74) is 7.06. The maximum Gasteiger partial charge on any atom is 0.123 e. The third-order valence-electron chi connectivity index (χ3n) is 4.34. The van der Waals surface area contributed by atoms with Crippen LogP contribution in [0.25, 0.3) is 0 Å². The monoisotopic (exact) mass is 279 g/mol. The molecule has 1 aromatic rings. The van der Waals surface area contributed by atoms with Crippen molar-refractivity contribution in [3.63, 3.8) is 0 Å². The van der Waals surface area contributed by atoms with Crippen LogP contribution in [0.15, 0.2) is 24.3 Å². The number of likely N-dealkylation sites (tertiary alicyclic amines) is 1. The Hall–Kier alpha value is -0.970. The van der Waals surface area contributed by atoms with Crippen LogP contribution >= 0.6 is 0 Å². The van der Waals surface area contributed by atoms with Gasteiger partial charge < -0.3 is 15.5 Å². The first-order chi connectivity index (χ1) is 9.47. The molecule has 1 aliphatic heterocycles. The number of halogens is 1. The summed E-state index contributed by atoms with van der Waals surface area (Å²) in [4.78, 5) is 4.77. The molecule has 1 aliphatic rings. The van der Waals surface area contributed by atoms with Crippen molar-refractivity contribution in [2.45, 2.75) is 25.4 Å². The van der Waals surface area contributed by atoms with Crippen molar-refractivity contribution in [2.75, 3.05) is 33.7 Å². The van der Waals surface area contributed by atoms with Gasteiger partial charge in [0.15, 0.2) is 0 Å². The minimum atomic E-state index is -0.208. The summed E-state index contributed by atoms with van der Waals surface area (Å²) in [6.07, 6.45) is 0.871. The molecule has 1 heterocycles. The van der Waals surface area contributed by atoms with E-state index < -0.39 is 0 Å². The van der Waals surface area contributed by atoms with Crippen LogP contribution in [-0.4, -0.2) is 49.6 Å².